The van der Waals surface area contributed by atoms with Gasteiger partial charge in [0.1, 0.15) is 11.3 Å². The van der Waals surface area contributed by atoms with Crippen LogP contribution in [0.1, 0.15) is 5.56 Å². The highest BCUT2D eigenvalue weighted by atomic mass is 16.5. The Labute approximate surface area is 109 Å². The summed E-state index contributed by atoms with van der Waals surface area (Å²) in [6, 6.07) is 7.88. The number of anilines is 1. The molecule has 0 saturated heterocycles. The van der Waals surface area contributed by atoms with Crippen LogP contribution in [0.4, 0.5) is 5.95 Å². The van der Waals surface area contributed by atoms with Gasteiger partial charge >= 0.3 is 0 Å². The number of fused-ring (bicyclic) bond motifs is 1. The average Bonchev–Trinajstić information content (AvgIpc) is 2.82. The molecule has 3 rings (SSSR count). The summed E-state index contributed by atoms with van der Waals surface area (Å²) in [6.07, 6.45) is 3.37. The van der Waals surface area contributed by atoms with Gasteiger partial charge in [-0.15, -0.1) is 0 Å². The molecule has 0 aliphatic carbocycles. The third-order valence-corrected chi connectivity index (χ3v) is 2.89. The summed E-state index contributed by atoms with van der Waals surface area (Å²) >= 11 is 0. The second-order valence-electron chi connectivity index (χ2n) is 4.16. The molecule has 0 radical (unpaired) electrons. The van der Waals surface area contributed by atoms with E-state index < -0.39 is 0 Å². The summed E-state index contributed by atoms with van der Waals surface area (Å²) < 4.78 is 7.07. The number of hydrogen-bond acceptors (Lipinski definition) is 5. The number of nitrogens with zero attached hydrogens (tertiary/aromatic N) is 4. The molecule has 0 amide bonds. The van der Waals surface area contributed by atoms with Crippen molar-refractivity contribution in [1.29, 1.82) is 0 Å². The molecule has 6 nitrogen and oxygen atoms in total. The van der Waals surface area contributed by atoms with E-state index in [0.717, 1.165) is 22.5 Å². The van der Waals surface area contributed by atoms with E-state index >= 15 is 0 Å². The van der Waals surface area contributed by atoms with Crippen LogP contribution in [0.25, 0.3) is 11.2 Å². The maximum atomic E-state index is 5.60. The van der Waals surface area contributed by atoms with Crippen LogP contribution in [0.2, 0.25) is 0 Å². The molecule has 19 heavy (non-hydrogen) atoms. The lowest BCUT2D eigenvalue weighted by Gasteiger charge is -2.05. The molecule has 2 aromatic heterocycles. The standard InChI is InChI=1S/C13H13N5O/c1-19-10-4-2-9(3-5-10)7-18-8-16-11-6-15-13(14)17-12(11)18/h2-6,8H,7H2,1H3,(H2,14,15,17). The molecule has 0 aliphatic heterocycles. The number of methoxy groups -OCH3 is 1. The lowest BCUT2D eigenvalue weighted by molar-refractivity contribution is 0.414. The minimum absolute atomic E-state index is 0.254. The second kappa shape index (κ2) is 4.56. The first-order chi connectivity index (χ1) is 9.26. The second-order valence-corrected chi connectivity index (χ2v) is 4.16. The zero-order chi connectivity index (χ0) is 13.2. The first kappa shape index (κ1) is 11.5. The van der Waals surface area contributed by atoms with E-state index in [-0.39, 0.29) is 5.95 Å². The highest BCUT2D eigenvalue weighted by Gasteiger charge is 2.06. The van der Waals surface area contributed by atoms with E-state index in [4.69, 9.17) is 10.5 Å². The van der Waals surface area contributed by atoms with Crippen molar-refractivity contribution < 1.29 is 4.74 Å². The van der Waals surface area contributed by atoms with Gasteiger partial charge in [-0.05, 0) is 17.7 Å². The predicted molar refractivity (Wildman–Crippen MR) is 71.8 cm³/mol. The maximum absolute atomic E-state index is 5.60. The first-order valence-corrected chi connectivity index (χ1v) is 5.82. The van der Waals surface area contributed by atoms with Crippen LogP contribution in [0, 0.1) is 0 Å². The summed E-state index contributed by atoms with van der Waals surface area (Å²) in [5.74, 6) is 1.09. The number of hydrogen-bond donors (Lipinski definition) is 1. The Hall–Kier alpha value is -2.63. The molecule has 6 heteroatoms. The highest BCUT2D eigenvalue weighted by Crippen LogP contribution is 2.15. The summed E-state index contributed by atoms with van der Waals surface area (Å²) in [5.41, 5.74) is 8.22. The molecule has 0 unspecified atom stereocenters. The van der Waals surface area contributed by atoms with Crippen molar-refractivity contribution in [3.8, 4) is 5.75 Å². The summed E-state index contributed by atoms with van der Waals surface area (Å²) in [4.78, 5) is 12.4. The van der Waals surface area contributed by atoms with E-state index in [1.807, 2.05) is 28.8 Å². The van der Waals surface area contributed by atoms with Gasteiger partial charge in [-0.2, -0.15) is 4.98 Å². The van der Waals surface area contributed by atoms with Gasteiger partial charge in [-0.1, -0.05) is 12.1 Å². The van der Waals surface area contributed by atoms with Gasteiger partial charge in [0.15, 0.2) is 5.65 Å². The summed E-state index contributed by atoms with van der Waals surface area (Å²) in [6.45, 7) is 0.678. The fourth-order valence-electron chi connectivity index (χ4n) is 1.91. The zero-order valence-corrected chi connectivity index (χ0v) is 10.4. The van der Waals surface area contributed by atoms with Crippen molar-refractivity contribution in [2.24, 2.45) is 0 Å². The molecular formula is C13H13N5O. The van der Waals surface area contributed by atoms with E-state index in [9.17, 15) is 0 Å². The van der Waals surface area contributed by atoms with Gasteiger partial charge in [0.2, 0.25) is 5.95 Å². The fraction of sp³-hybridized carbons (Fsp3) is 0.154. The topological polar surface area (TPSA) is 78.8 Å². The van der Waals surface area contributed by atoms with E-state index in [1.165, 1.54) is 0 Å². The van der Waals surface area contributed by atoms with E-state index in [2.05, 4.69) is 15.0 Å². The number of rotatable bonds is 3. The van der Waals surface area contributed by atoms with Gasteiger partial charge in [0.25, 0.3) is 0 Å². The number of benzene rings is 1. The van der Waals surface area contributed by atoms with Crippen LogP contribution in [0.3, 0.4) is 0 Å². The monoisotopic (exact) mass is 255 g/mol. The summed E-state index contributed by atoms with van der Waals surface area (Å²) in [5, 5.41) is 0. The Bertz CT molecular complexity index is 705. The van der Waals surface area contributed by atoms with Gasteiger partial charge in [0, 0.05) is 0 Å². The molecule has 1 aromatic carbocycles. The Morgan fingerprint density at radius 3 is 2.74 bits per heavy atom. The lowest BCUT2D eigenvalue weighted by atomic mass is 10.2. The summed E-state index contributed by atoms with van der Waals surface area (Å²) in [7, 11) is 1.65. The van der Waals surface area contributed by atoms with Crippen LogP contribution < -0.4 is 10.5 Å². The Morgan fingerprint density at radius 2 is 2.00 bits per heavy atom. The molecule has 3 aromatic rings. The van der Waals surface area contributed by atoms with E-state index in [1.54, 1.807) is 19.6 Å². The van der Waals surface area contributed by atoms with Crippen molar-refractivity contribution in [3.63, 3.8) is 0 Å². The van der Waals surface area contributed by atoms with Crippen molar-refractivity contribution >= 4 is 17.1 Å². The third kappa shape index (κ3) is 2.20. The molecule has 0 fully saturated rings. The van der Waals surface area contributed by atoms with Crippen molar-refractivity contribution in [3.05, 3.63) is 42.4 Å². The van der Waals surface area contributed by atoms with Gasteiger partial charge < -0.3 is 15.0 Å². The number of aromatic nitrogens is 4. The normalized spacial score (nSPS) is 10.8. The van der Waals surface area contributed by atoms with Crippen LogP contribution in [-0.4, -0.2) is 26.6 Å². The number of ether oxygens (including phenoxy) is 1. The molecule has 96 valence electrons. The quantitative estimate of drug-likeness (QED) is 0.766. The molecule has 2 heterocycles. The number of nitrogens with two attached hydrogens (primary N) is 1. The van der Waals surface area contributed by atoms with Crippen molar-refractivity contribution in [2.75, 3.05) is 12.8 Å². The average molecular weight is 255 g/mol. The van der Waals surface area contributed by atoms with Crippen LogP contribution >= 0.6 is 0 Å². The molecule has 2 N–H and O–H groups in total. The largest absolute Gasteiger partial charge is 0.497 e. The third-order valence-electron chi connectivity index (χ3n) is 2.89. The number of imidazole rings is 1. The van der Waals surface area contributed by atoms with E-state index in [0.29, 0.717) is 6.54 Å². The molecule has 0 bridgehead atoms. The maximum Gasteiger partial charge on any atom is 0.222 e. The van der Waals surface area contributed by atoms with Crippen molar-refractivity contribution in [2.45, 2.75) is 6.54 Å². The molecule has 0 saturated carbocycles. The van der Waals surface area contributed by atoms with Crippen molar-refractivity contribution in [1.82, 2.24) is 19.5 Å². The molecule has 0 atom stereocenters. The van der Waals surface area contributed by atoms with Gasteiger partial charge in [0.05, 0.1) is 26.2 Å². The molecule has 0 spiro atoms. The van der Waals surface area contributed by atoms with Crippen LogP contribution in [0.15, 0.2) is 36.8 Å². The molecule has 0 aliphatic rings. The zero-order valence-electron chi connectivity index (χ0n) is 10.4. The van der Waals surface area contributed by atoms with Crippen LogP contribution in [0.5, 0.6) is 5.75 Å². The lowest BCUT2D eigenvalue weighted by Crippen LogP contribution is -2.01. The van der Waals surface area contributed by atoms with Crippen LogP contribution in [-0.2, 0) is 6.54 Å². The fourth-order valence-corrected chi connectivity index (χ4v) is 1.91. The Kier molecular flexibility index (Phi) is 2.75. The Balaban J connectivity index is 1.93. The smallest absolute Gasteiger partial charge is 0.222 e. The molecular weight excluding hydrogens is 242 g/mol. The highest BCUT2D eigenvalue weighted by molar-refractivity contribution is 5.70. The first-order valence-electron chi connectivity index (χ1n) is 5.82. The Morgan fingerprint density at radius 1 is 1.21 bits per heavy atom. The number of nitrogen functional groups attached to an aromatic ring is 1. The van der Waals surface area contributed by atoms with Gasteiger partial charge in [-0.25, -0.2) is 9.97 Å². The minimum Gasteiger partial charge on any atom is -0.497 e. The predicted octanol–water partition coefficient (Wildman–Crippen LogP) is 1.47. The SMILES string of the molecule is COc1ccc(Cn2cnc3cnc(N)nc32)cc1. The van der Waals surface area contributed by atoms with Gasteiger partial charge in [-0.3, -0.25) is 0 Å². The minimum atomic E-state index is 0.254.